The van der Waals surface area contributed by atoms with E-state index in [4.69, 9.17) is 21.1 Å². The fourth-order valence-electron chi connectivity index (χ4n) is 2.95. The largest absolute Gasteiger partial charge is 0.497 e. The molecule has 0 aliphatic heterocycles. The molecule has 1 aromatic heterocycles. The first-order valence-corrected chi connectivity index (χ1v) is 10.3. The minimum atomic E-state index is -0.154. The Morgan fingerprint density at radius 1 is 1.17 bits per heavy atom. The van der Waals surface area contributed by atoms with Gasteiger partial charge in [0.25, 0.3) is 5.56 Å². The number of hydrogen-bond acceptors (Lipinski definition) is 6. The number of Topliss-reactive ketones (excluding diaryl/α,β-unsaturated/α-hetero) is 1. The number of nitrogens with zero attached hydrogens (tertiary/aromatic N) is 2. The van der Waals surface area contributed by atoms with Crippen LogP contribution in [-0.4, -0.2) is 35.3 Å². The van der Waals surface area contributed by atoms with E-state index in [2.05, 4.69) is 4.98 Å². The molecule has 6 nitrogen and oxygen atoms in total. The van der Waals surface area contributed by atoms with Gasteiger partial charge in [-0.3, -0.25) is 14.2 Å². The SMILES string of the molecule is COc1ccc(C(=O)CSc2nc3cc(Cl)ccc3c(=O)n2C(C)C)c(OC)c1. The third-order valence-electron chi connectivity index (χ3n) is 4.39. The van der Waals surface area contributed by atoms with Crippen LogP contribution in [0.15, 0.2) is 46.3 Å². The number of carbonyl (C=O) groups is 1. The number of methoxy groups -OCH3 is 2. The Kier molecular flexibility index (Phi) is 6.49. The van der Waals surface area contributed by atoms with E-state index in [0.717, 1.165) is 0 Å². The summed E-state index contributed by atoms with van der Waals surface area (Å²) < 4.78 is 12.1. The number of rotatable bonds is 7. The van der Waals surface area contributed by atoms with E-state index >= 15 is 0 Å². The highest BCUT2D eigenvalue weighted by Gasteiger charge is 2.18. The quantitative estimate of drug-likeness (QED) is 0.308. The van der Waals surface area contributed by atoms with Crippen molar-refractivity contribution in [1.82, 2.24) is 9.55 Å². The number of fused-ring (bicyclic) bond motifs is 1. The number of thioether (sulfide) groups is 1. The molecule has 0 radical (unpaired) electrons. The zero-order chi connectivity index (χ0) is 21.1. The van der Waals surface area contributed by atoms with Gasteiger partial charge in [0.1, 0.15) is 11.5 Å². The second-order valence-electron chi connectivity index (χ2n) is 6.60. The van der Waals surface area contributed by atoms with Crippen LogP contribution in [0.3, 0.4) is 0 Å². The molecule has 3 rings (SSSR count). The van der Waals surface area contributed by atoms with Crippen LogP contribution in [0.5, 0.6) is 11.5 Å². The van der Waals surface area contributed by atoms with Gasteiger partial charge in [0.2, 0.25) is 0 Å². The Morgan fingerprint density at radius 2 is 1.93 bits per heavy atom. The van der Waals surface area contributed by atoms with Crippen LogP contribution in [0.4, 0.5) is 0 Å². The van der Waals surface area contributed by atoms with Crippen LogP contribution in [0.2, 0.25) is 5.02 Å². The molecule has 0 aliphatic carbocycles. The third kappa shape index (κ3) is 4.41. The standard InChI is InChI=1S/C21H21ClN2O4S/c1-12(2)24-20(26)15-7-5-13(22)9-17(15)23-21(24)29-11-18(25)16-8-6-14(27-3)10-19(16)28-4/h5-10,12H,11H2,1-4H3. The Morgan fingerprint density at radius 3 is 2.59 bits per heavy atom. The van der Waals surface area contributed by atoms with Gasteiger partial charge in [0.05, 0.1) is 36.4 Å². The predicted molar refractivity (Wildman–Crippen MR) is 116 cm³/mol. The molecule has 29 heavy (non-hydrogen) atoms. The molecule has 0 unspecified atom stereocenters. The summed E-state index contributed by atoms with van der Waals surface area (Å²) in [6.45, 7) is 3.81. The fraction of sp³-hybridized carbons (Fsp3) is 0.286. The molecule has 0 atom stereocenters. The minimum absolute atomic E-state index is 0.105. The molecule has 0 N–H and O–H groups in total. The number of carbonyl (C=O) groups excluding carboxylic acids is 1. The summed E-state index contributed by atoms with van der Waals surface area (Å²) in [4.78, 5) is 30.3. The smallest absolute Gasteiger partial charge is 0.262 e. The lowest BCUT2D eigenvalue weighted by molar-refractivity contribution is 0.101. The molecule has 0 aliphatic rings. The van der Waals surface area contributed by atoms with Crippen LogP contribution >= 0.6 is 23.4 Å². The summed E-state index contributed by atoms with van der Waals surface area (Å²) in [5.41, 5.74) is 0.804. The lowest BCUT2D eigenvalue weighted by Gasteiger charge is -2.16. The predicted octanol–water partition coefficient (Wildman–Crippen LogP) is 4.62. The summed E-state index contributed by atoms with van der Waals surface area (Å²) in [6, 6.07) is 9.94. The molecule has 0 saturated carbocycles. The van der Waals surface area contributed by atoms with E-state index in [-0.39, 0.29) is 23.1 Å². The van der Waals surface area contributed by atoms with Gasteiger partial charge < -0.3 is 9.47 Å². The van der Waals surface area contributed by atoms with E-state index in [1.165, 1.54) is 18.9 Å². The molecule has 3 aromatic rings. The van der Waals surface area contributed by atoms with Crippen molar-refractivity contribution in [3.63, 3.8) is 0 Å². The average Bonchev–Trinajstić information content (AvgIpc) is 2.70. The number of aromatic nitrogens is 2. The van der Waals surface area contributed by atoms with Crippen LogP contribution in [-0.2, 0) is 0 Å². The number of hydrogen-bond donors (Lipinski definition) is 0. The monoisotopic (exact) mass is 432 g/mol. The number of ketones is 1. The summed E-state index contributed by atoms with van der Waals surface area (Å²) in [5.74, 6) is 1.01. The fourth-order valence-corrected chi connectivity index (χ4v) is 4.12. The molecule has 0 saturated heterocycles. The molecule has 0 amide bonds. The molecule has 0 fully saturated rings. The Balaban J connectivity index is 1.95. The molecule has 152 valence electrons. The first kappa shape index (κ1) is 21.2. The van der Waals surface area contributed by atoms with Crippen molar-refractivity contribution in [2.45, 2.75) is 25.0 Å². The first-order chi connectivity index (χ1) is 13.8. The van der Waals surface area contributed by atoms with Crippen molar-refractivity contribution in [3.8, 4) is 11.5 Å². The Hall–Kier alpha value is -2.51. The van der Waals surface area contributed by atoms with Gasteiger partial charge in [0, 0.05) is 17.1 Å². The van der Waals surface area contributed by atoms with Gasteiger partial charge in [-0.15, -0.1) is 0 Å². The summed E-state index contributed by atoms with van der Waals surface area (Å²) in [6.07, 6.45) is 0. The van der Waals surface area contributed by atoms with Crippen LogP contribution < -0.4 is 15.0 Å². The van der Waals surface area contributed by atoms with Crippen LogP contribution in [0.1, 0.15) is 30.2 Å². The molecule has 0 spiro atoms. The molecular weight excluding hydrogens is 412 g/mol. The van der Waals surface area contributed by atoms with Gasteiger partial charge in [-0.2, -0.15) is 0 Å². The lowest BCUT2D eigenvalue weighted by atomic mass is 10.1. The van der Waals surface area contributed by atoms with E-state index in [0.29, 0.717) is 38.1 Å². The summed E-state index contributed by atoms with van der Waals surface area (Å²) in [7, 11) is 3.05. The van der Waals surface area contributed by atoms with Crippen molar-refractivity contribution in [1.29, 1.82) is 0 Å². The van der Waals surface area contributed by atoms with E-state index in [1.54, 1.807) is 48.1 Å². The number of ether oxygens (including phenoxy) is 2. The van der Waals surface area contributed by atoms with Crippen molar-refractivity contribution < 1.29 is 14.3 Å². The molecule has 0 bridgehead atoms. The third-order valence-corrected chi connectivity index (χ3v) is 5.58. The second-order valence-corrected chi connectivity index (χ2v) is 7.98. The van der Waals surface area contributed by atoms with E-state index in [9.17, 15) is 9.59 Å². The summed E-state index contributed by atoms with van der Waals surface area (Å²) in [5, 5.41) is 1.47. The van der Waals surface area contributed by atoms with E-state index < -0.39 is 0 Å². The minimum Gasteiger partial charge on any atom is -0.497 e. The van der Waals surface area contributed by atoms with Crippen LogP contribution in [0.25, 0.3) is 10.9 Å². The maximum Gasteiger partial charge on any atom is 0.262 e. The summed E-state index contributed by atoms with van der Waals surface area (Å²) >= 11 is 7.27. The Labute approximate surface area is 177 Å². The van der Waals surface area contributed by atoms with Crippen LogP contribution in [0, 0.1) is 0 Å². The van der Waals surface area contributed by atoms with E-state index in [1.807, 2.05) is 13.8 Å². The van der Waals surface area contributed by atoms with Gasteiger partial charge in [-0.05, 0) is 44.2 Å². The van der Waals surface area contributed by atoms with Crippen molar-refractivity contribution in [2.75, 3.05) is 20.0 Å². The highest BCUT2D eigenvalue weighted by atomic mass is 35.5. The first-order valence-electron chi connectivity index (χ1n) is 8.95. The van der Waals surface area contributed by atoms with Gasteiger partial charge in [-0.25, -0.2) is 4.98 Å². The maximum atomic E-state index is 12.9. The zero-order valence-electron chi connectivity index (χ0n) is 16.6. The highest BCUT2D eigenvalue weighted by Crippen LogP contribution is 2.28. The zero-order valence-corrected chi connectivity index (χ0v) is 18.1. The number of benzene rings is 2. The lowest BCUT2D eigenvalue weighted by Crippen LogP contribution is -2.25. The van der Waals surface area contributed by atoms with Gasteiger partial charge in [-0.1, -0.05) is 23.4 Å². The van der Waals surface area contributed by atoms with Gasteiger partial charge >= 0.3 is 0 Å². The second kappa shape index (κ2) is 8.88. The molecular formula is C21H21ClN2O4S. The molecule has 2 aromatic carbocycles. The highest BCUT2D eigenvalue weighted by molar-refractivity contribution is 7.99. The normalized spacial score (nSPS) is 11.1. The van der Waals surface area contributed by atoms with Crippen molar-refractivity contribution in [2.24, 2.45) is 0 Å². The van der Waals surface area contributed by atoms with Crippen molar-refractivity contribution >= 4 is 40.0 Å². The average molecular weight is 433 g/mol. The number of halogens is 1. The topological polar surface area (TPSA) is 70.4 Å². The maximum absolute atomic E-state index is 12.9. The van der Waals surface area contributed by atoms with Crippen molar-refractivity contribution in [3.05, 3.63) is 57.3 Å². The molecule has 1 heterocycles. The molecule has 8 heteroatoms. The van der Waals surface area contributed by atoms with Gasteiger partial charge in [0.15, 0.2) is 10.9 Å². The Bertz CT molecular complexity index is 1130.